The molecule has 152 valence electrons. The second-order valence-corrected chi connectivity index (χ2v) is 7.48. The van der Waals surface area contributed by atoms with E-state index in [0.29, 0.717) is 0 Å². The Hall–Kier alpha value is -2.58. The molecular weight excluding hydrogens is 356 g/mol. The molecule has 0 spiro atoms. The standard InChI is InChI=1S/C27H32O2/c1-4-5-6-9-20-29-25-18-16-24(17-19-25)27-11-8-7-10-26(27)23-14-12-22(13-15-23)21(2)28-3/h7-8,10-19,21H,4-6,9,20H2,1-3H3. The molecule has 0 amide bonds. The molecule has 0 aliphatic heterocycles. The van der Waals surface area contributed by atoms with E-state index in [-0.39, 0.29) is 6.10 Å². The number of methoxy groups -OCH3 is 1. The molecule has 0 bridgehead atoms. The molecule has 0 saturated carbocycles. The second-order valence-electron chi connectivity index (χ2n) is 7.48. The topological polar surface area (TPSA) is 18.5 Å². The van der Waals surface area contributed by atoms with Crippen molar-refractivity contribution in [2.24, 2.45) is 0 Å². The van der Waals surface area contributed by atoms with Gasteiger partial charge in [-0.15, -0.1) is 0 Å². The molecule has 1 unspecified atom stereocenters. The van der Waals surface area contributed by atoms with Crippen molar-refractivity contribution in [1.29, 1.82) is 0 Å². The number of hydrogen-bond donors (Lipinski definition) is 0. The van der Waals surface area contributed by atoms with Crippen LogP contribution in [0.15, 0.2) is 72.8 Å². The summed E-state index contributed by atoms with van der Waals surface area (Å²) >= 11 is 0. The van der Waals surface area contributed by atoms with Crippen LogP contribution in [-0.2, 0) is 4.74 Å². The molecular formula is C27H32O2. The van der Waals surface area contributed by atoms with Crippen LogP contribution in [0.25, 0.3) is 22.3 Å². The predicted octanol–water partition coefficient (Wildman–Crippen LogP) is 7.69. The first kappa shape index (κ1) is 21.1. The van der Waals surface area contributed by atoms with Crippen molar-refractivity contribution < 1.29 is 9.47 Å². The Kier molecular flexibility index (Phi) is 7.89. The lowest BCUT2D eigenvalue weighted by Gasteiger charge is -2.13. The summed E-state index contributed by atoms with van der Waals surface area (Å²) in [6, 6.07) is 25.7. The molecule has 0 aliphatic rings. The van der Waals surface area contributed by atoms with Crippen molar-refractivity contribution in [1.82, 2.24) is 0 Å². The summed E-state index contributed by atoms with van der Waals surface area (Å²) in [6.45, 7) is 5.09. The largest absolute Gasteiger partial charge is 0.494 e. The first-order chi connectivity index (χ1) is 14.2. The van der Waals surface area contributed by atoms with Crippen LogP contribution in [0.4, 0.5) is 0 Å². The molecule has 0 saturated heterocycles. The highest BCUT2D eigenvalue weighted by Crippen LogP contribution is 2.33. The normalized spacial score (nSPS) is 12.0. The average molecular weight is 389 g/mol. The SMILES string of the molecule is CCCCCCOc1ccc(-c2ccccc2-c2ccc(C(C)OC)cc2)cc1. The molecule has 0 fully saturated rings. The van der Waals surface area contributed by atoms with E-state index in [1.165, 1.54) is 47.1 Å². The fourth-order valence-corrected chi connectivity index (χ4v) is 3.51. The zero-order chi connectivity index (χ0) is 20.5. The van der Waals surface area contributed by atoms with Crippen molar-refractivity contribution >= 4 is 0 Å². The Morgan fingerprint density at radius 2 is 1.31 bits per heavy atom. The van der Waals surface area contributed by atoms with Gasteiger partial charge in [0, 0.05) is 7.11 Å². The van der Waals surface area contributed by atoms with Gasteiger partial charge in [-0.25, -0.2) is 0 Å². The minimum atomic E-state index is 0.105. The summed E-state index contributed by atoms with van der Waals surface area (Å²) in [7, 11) is 1.74. The van der Waals surface area contributed by atoms with E-state index in [4.69, 9.17) is 9.47 Å². The van der Waals surface area contributed by atoms with Crippen molar-refractivity contribution in [2.45, 2.75) is 45.6 Å². The number of unbranched alkanes of at least 4 members (excludes halogenated alkanes) is 3. The molecule has 3 aromatic carbocycles. The van der Waals surface area contributed by atoms with Crippen molar-refractivity contribution in [3.05, 3.63) is 78.4 Å². The minimum absolute atomic E-state index is 0.105. The van der Waals surface area contributed by atoms with E-state index in [1.54, 1.807) is 7.11 Å². The van der Waals surface area contributed by atoms with Crippen molar-refractivity contribution in [3.63, 3.8) is 0 Å². The lowest BCUT2D eigenvalue weighted by atomic mass is 9.94. The Balaban J connectivity index is 1.75. The van der Waals surface area contributed by atoms with Crippen molar-refractivity contribution in [3.8, 4) is 28.0 Å². The molecule has 3 aromatic rings. The third kappa shape index (κ3) is 5.71. The summed E-state index contributed by atoms with van der Waals surface area (Å²) in [5.74, 6) is 0.945. The van der Waals surface area contributed by atoms with Crippen LogP contribution < -0.4 is 4.74 Å². The fraction of sp³-hybridized carbons (Fsp3) is 0.333. The monoisotopic (exact) mass is 388 g/mol. The second kappa shape index (κ2) is 10.8. The molecule has 2 nitrogen and oxygen atoms in total. The minimum Gasteiger partial charge on any atom is -0.494 e. The summed E-state index contributed by atoms with van der Waals surface area (Å²) in [5, 5.41) is 0. The Labute approximate surface area is 175 Å². The molecule has 0 N–H and O–H groups in total. The molecule has 0 aliphatic carbocycles. The van der Waals surface area contributed by atoms with Gasteiger partial charge in [-0.05, 0) is 53.3 Å². The van der Waals surface area contributed by atoms with Gasteiger partial charge in [0.25, 0.3) is 0 Å². The third-order valence-corrected chi connectivity index (χ3v) is 5.40. The van der Waals surface area contributed by atoms with E-state index < -0.39 is 0 Å². The molecule has 2 heteroatoms. The maximum atomic E-state index is 5.89. The van der Waals surface area contributed by atoms with Crippen molar-refractivity contribution in [2.75, 3.05) is 13.7 Å². The van der Waals surface area contributed by atoms with Gasteiger partial charge in [0.1, 0.15) is 5.75 Å². The Morgan fingerprint density at radius 3 is 1.86 bits per heavy atom. The van der Waals surface area contributed by atoms with Crippen LogP contribution in [0.3, 0.4) is 0 Å². The Morgan fingerprint density at radius 1 is 0.724 bits per heavy atom. The van der Waals surface area contributed by atoms with Gasteiger partial charge in [0.05, 0.1) is 12.7 Å². The van der Waals surface area contributed by atoms with E-state index in [9.17, 15) is 0 Å². The van der Waals surface area contributed by atoms with Crippen LogP contribution >= 0.6 is 0 Å². The van der Waals surface area contributed by atoms with Crippen LogP contribution in [-0.4, -0.2) is 13.7 Å². The van der Waals surface area contributed by atoms with Gasteiger partial charge < -0.3 is 9.47 Å². The van der Waals surface area contributed by atoms with Gasteiger partial charge in [-0.1, -0.05) is 86.8 Å². The smallest absolute Gasteiger partial charge is 0.119 e. The molecule has 0 heterocycles. The van der Waals surface area contributed by atoms with Crippen LogP contribution in [0, 0.1) is 0 Å². The van der Waals surface area contributed by atoms with Gasteiger partial charge in [0.15, 0.2) is 0 Å². The molecule has 0 radical (unpaired) electrons. The quantitative estimate of drug-likeness (QED) is 0.331. The zero-order valence-corrected chi connectivity index (χ0v) is 17.9. The average Bonchev–Trinajstić information content (AvgIpc) is 2.79. The van der Waals surface area contributed by atoms with Crippen LogP contribution in [0.1, 0.15) is 51.2 Å². The predicted molar refractivity (Wildman–Crippen MR) is 122 cm³/mol. The molecule has 3 rings (SSSR count). The van der Waals surface area contributed by atoms with Gasteiger partial charge >= 0.3 is 0 Å². The zero-order valence-electron chi connectivity index (χ0n) is 17.9. The maximum Gasteiger partial charge on any atom is 0.119 e. The van der Waals surface area contributed by atoms with Gasteiger partial charge in [-0.2, -0.15) is 0 Å². The van der Waals surface area contributed by atoms with Gasteiger partial charge in [0.2, 0.25) is 0 Å². The highest BCUT2D eigenvalue weighted by molar-refractivity contribution is 5.83. The number of benzene rings is 3. The highest BCUT2D eigenvalue weighted by atomic mass is 16.5. The van der Waals surface area contributed by atoms with E-state index in [1.807, 2.05) is 0 Å². The molecule has 1 atom stereocenters. The van der Waals surface area contributed by atoms with E-state index in [0.717, 1.165) is 18.8 Å². The lowest BCUT2D eigenvalue weighted by molar-refractivity contribution is 0.119. The fourth-order valence-electron chi connectivity index (χ4n) is 3.51. The summed E-state index contributed by atoms with van der Waals surface area (Å²) in [5.41, 5.74) is 6.07. The Bertz CT molecular complexity index is 866. The lowest BCUT2D eigenvalue weighted by Crippen LogP contribution is -1.97. The first-order valence-corrected chi connectivity index (χ1v) is 10.7. The number of rotatable bonds is 10. The highest BCUT2D eigenvalue weighted by Gasteiger charge is 2.09. The summed E-state index contributed by atoms with van der Waals surface area (Å²) in [4.78, 5) is 0. The summed E-state index contributed by atoms with van der Waals surface area (Å²) < 4.78 is 11.3. The van der Waals surface area contributed by atoms with Gasteiger partial charge in [-0.3, -0.25) is 0 Å². The van der Waals surface area contributed by atoms with Crippen LogP contribution in [0.5, 0.6) is 5.75 Å². The molecule has 29 heavy (non-hydrogen) atoms. The first-order valence-electron chi connectivity index (χ1n) is 10.7. The third-order valence-electron chi connectivity index (χ3n) is 5.40. The van der Waals surface area contributed by atoms with E-state index >= 15 is 0 Å². The number of hydrogen-bond acceptors (Lipinski definition) is 2. The van der Waals surface area contributed by atoms with Crippen LogP contribution in [0.2, 0.25) is 0 Å². The summed E-state index contributed by atoms with van der Waals surface area (Å²) in [6.07, 6.45) is 5.00. The van der Waals surface area contributed by atoms with E-state index in [2.05, 4.69) is 86.6 Å². The maximum absolute atomic E-state index is 5.89. The molecule has 0 aromatic heterocycles. The number of ether oxygens (including phenoxy) is 2.